The Morgan fingerprint density at radius 3 is 2.19 bits per heavy atom. The lowest BCUT2D eigenvalue weighted by molar-refractivity contribution is -0.0662. The largest absolute Gasteiger partial charge is 0.489 e. The topological polar surface area (TPSA) is 95.0 Å². The van der Waals surface area contributed by atoms with Crippen molar-refractivity contribution >= 4 is 15.9 Å². The molecule has 0 bridgehead atoms. The molecule has 2 heterocycles. The van der Waals surface area contributed by atoms with E-state index in [1.165, 1.54) is 6.07 Å². The molecule has 1 aromatic rings. The van der Waals surface area contributed by atoms with Crippen LogP contribution in [0.1, 0.15) is 64.0 Å². The monoisotopic (exact) mass is 466 g/mol. The summed E-state index contributed by atoms with van der Waals surface area (Å²) in [6, 6.07) is 3.20. The Bertz CT molecular complexity index is 930. The quantitative estimate of drug-likeness (QED) is 0.631. The number of aromatic nitrogens is 1. The van der Waals surface area contributed by atoms with E-state index in [1.54, 1.807) is 17.9 Å². The highest BCUT2D eigenvalue weighted by molar-refractivity contribution is 7.90. The Kier molecular flexibility index (Phi) is 6.68. The Hall–Kier alpha value is -1.87. The number of ether oxygens (including phenoxy) is 3. The first-order valence-electron chi connectivity index (χ1n) is 11.6. The van der Waals surface area contributed by atoms with Gasteiger partial charge in [-0.05, 0) is 77.3 Å². The van der Waals surface area contributed by atoms with E-state index in [-0.39, 0.29) is 35.0 Å². The summed E-state index contributed by atoms with van der Waals surface area (Å²) in [5.74, 6) is 0.640. The number of nitrogens with zero attached hydrogens (tertiary/aromatic N) is 2. The minimum absolute atomic E-state index is 0.0699. The molecule has 1 saturated heterocycles. The highest BCUT2D eigenvalue weighted by atomic mass is 32.2. The number of aryl methyl sites for hydroxylation is 1. The van der Waals surface area contributed by atoms with E-state index in [0.717, 1.165) is 57.6 Å². The molecule has 0 atom stereocenters. The molecular formula is C23H34N2O6S. The maximum Gasteiger partial charge on any atom is 0.410 e. The zero-order valence-corrected chi connectivity index (χ0v) is 20.0. The van der Waals surface area contributed by atoms with Gasteiger partial charge >= 0.3 is 6.09 Å². The molecule has 0 radical (unpaired) electrons. The second-order valence-electron chi connectivity index (χ2n) is 9.66. The third-order valence-electron chi connectivity index (χ3n) is 6.68. The number of likely N-dealkylation sites (tertiary alicyclic amines) is 1. The van der Waals surface area contributed by atoms with Crippen LogP contribution in [0.5, 0.6) is 5.75 Å². The molecule has 2 saturated carbocycles. The third kappa shape index (κ3) is 5.92. The van der Waals surface area contributed by atoms with Crippen molar-refractivity contribution in [3.63, 3.8) is 0 Å². The summed E-state index contributed by atoms with van der Waals surface area (Å²) in [5, 5.41) is 0.0699. The average Bonchev–Trinajstić information content (AvgIpc) is 3.47. The Labute approximate surface area is 190 Å². The van der Waals surface area contributed by atoms with Crippen LogP contribution < -0.4 is 4.74 Å². The van der Waals surface area contributed by atoms with Crippen molar-refractivity contribution in [2.75, 3.05) is 19.3 Å². The van der Waals surface area contributed by atoms with Crippen LogP contribution in [0.4, 0.5) is 4.79 Å². The van der Waals surface area contributed by atoms with Gasteiger partial charge in [0.05, 0.1) is 24.0 Å². The molecule has 2 aliphatic carbocycles. The van der Waals surface area contributed by atoms with Crippen LogP contribution in [0.3, 0.4) is 0 Å². The van der Waals surface area contributed by atoms with Gasteiger partial charge in [0.25, 0.3) is 0 Å². The van der Waals surface area contributed by atoms with Crippen molar-refractivity contribution in [3.8, 4) is 5.75 Å². The van der Waals surface area contributed by atoms with Gasteiger partial charge in [0.2, 0.25) is 0 Å². The van der Waals surface area contributed by atoms with Gasteiger partial charge in [-0.2, -0.15) is 0 Å². The van der Waals surface area contributed by atoms with E-state index in [1.807, 2.05) is 6.92 Å². The highest BCUT2D eigenvalue weighted by Gasteiger charge is 2.43. The van der Waals surface area contributed by atoms with Crippen LogP contribution >= 0.6 is 0 Å². The molecular weight excluding hydrogens is 432 g/mol. The molecule has 0 N–H and O–H groups in total. The minimum atomic E-state index is -3.32. The van der Waals surface area contributed by atoms with Crippen LogP contribution in [-0.4, -0.2) is 67.7 Å². The van der Waals surface area contributed by atoms with Crippen LogP contribution in [-0.2, 0) is 19.3 Å². The van der Waals surface area contributed by atoms with E-state index in [0.29, 0.717) is 24.5 Å². The third-order valence-corrected chi connectivity index (χ3v) is 7.67. The summed E-state index contributed by atoms with van der Waals surface area (Å²) in [4.78, 5) is 18.2. The van der Waals surface area contributed by atoms with Crippen LogP contribution in [0.25, 0.3) is 0 Å². The average molecular weight is 467 g/mol. The molecule has 0 unspecified atom stereocenters. The van der Waals surface area contributed by atoms with E-state index >= 15 is 0 Å². The summed E-state index contributed by atoms with van der Waals surface area (Å²) in [6.45, 7) is 5.14. The van der Waals surface area contributed by atoms with Gasteiger partial charge in [0.1, 0.15) is 11.4 Å². The number of hydrogen-bond acceptors (Lipinski definition) is 7. The second kappa shape index (κ2) is 9.17. The summed E-state index contributed by atoms with van der Waals surface area (Å²) >= 11 is 0. The maximum absolute atomic E-state index is 12.2. The van der Waals surface area contributed by atoms with E-state index in [4.69, 9.17) is 14.2 Å². The molecule has 0 spiro atoms. The first-order chi connectivity index (χ1) is 15.1. The number of carbonyl (C=O) groups excluding carboxylic acids is 1. The van der Waals surface area contributed by atoms with E-state index in [9.17, 15) is 13.2 Å². The smallest absolute Gasteiger partial charge is 0.410 e. The molecule has 1 aliphatic heterocycles. The van der Waals surface area contributed by atoms with Crippen molar-refractivity contribution in [3.05, 3.63) is 17.8 Å². The van der Waals surface area contributed by atoms with Gasteiger partial charge < -0.3 is 19.1 Å². The lowest BCUT2D eigenvalue weighted by atomic mass is 9.94. The van der Waals surface area contributed by atoms with Gasteiger partial charge in [0, 0.05) is 19.3 Å². The van der Waals surface area contributed by atoms with Gasteiger partial charge in [-0.1, -0.05) is 0 Å². The Morgan fingerprint density at radius 2 is 1.62 bits per heavy atom. The minimum Gasteiger partial charge on any atom is -0.489 e. The molecule has 32 heavy (non-hydrogen) atoms. The number of amides is 1. The zero-order chi connectivity index (χ0) is 22.9. The van der Waals surface area contributed by atoms with Gasteiger partial charge in [0.15, 0.2) is 14.9 Å². The van der Waals surface area contributed by atoms with Crippen molar-refractivity contribution in [2.24, 2.45) is 0 Å². The molecule has 4 rings (SSSR count). The van der Waals surface area contributed by atoms with Crippen molar-refractivity contribution in [1.82, 2.24) is 9.88 Å². The van der Waals surface area contributed by atoms with Gasteiger partial charge in [-0.3, -0.25) is 0 Å². The maximum atomic E-state index is 12.2. The summed E-state index contributed by atoms with van der Waals surface area (Å²) < 4.78 is 41.3. The SMILES string of the molecule is Cc1nc(S(C)(=O)=O)ccc1OC1CCC(OC2CCN(C(=O)OC3(C)CC3)CC2)CC1. The number of piperidine rings is 1. The Morgan fingerprint density at radius 1 is 1.03 bits per heavy atom. The molecule has 3 fully saturated rings. The van der Waals surface area contributed by atoms with Crippen LogP contribution in [0.2, 0.25) is 0 Å². The molecule has 1 aromatic heterocycles. The summed E-state index contributed by atoms with van der Waals surface area (Å²) in [6.07, 6.45) is 8.72. The fourth-order valence-electron chi connectivity index (χ4n) is 4.32. The lowest BCUT2D eigenvalue weighted by Gasteiger charge is -2.36. The fourth-order valence-corrected chi connectivity index (χ4v) is 4.94. The van der Waals surface area contributed by atoms with Crippen LogP contribution in [0, 0.1) is 6.92 Å². The molecule has 8 nitrogen and oxygen atoms in total. The molecule has 1 amide bonds. The van der Waals surface area contributed by atoms with E-state index in [2.05, 4.69) is 4.98 Å². The van der Waals surface area contributed by atoms with Gasteiger partial charge in [-0.25, -0.2) is 18.2 Å². The molecule has 178 valence electrons. The first-order valence-corrected chi connectivity index (χ1v) is 13.5. The number of pyridine rings is 1. The molecule has 0 aromatic carbocycles. The number of carbonyl (C=O) groups is 1. The number of sulfone groups is 1. The standard InChI is InChI=1S/C23H34N2O6S/c1-16-20(8-9-21(24-16)32(3,27)28)30-18-6-4-17(5-7-18)29-19-10-14-25(15-11-19)22(26)31-23(2)12-13-23/h8-9,17-19H,4-7,10-15H2,1-3H3. The predicted molar refractivity (Wildman–Crippen MR) is 119 cm³/mol. The normalized spacial score (nSPS) is 25.9. The summed E-state index contributed by atoms with van der Waals surface area (Å²) in [7, 11) is -3.32. The number of rotatable bonds is 6. The van der Waals surface area contributed by atoms with Crippen molar-refractivity contribution in [1.29, 1.82) is 0 Å². The van der Waals surface area contributed by atoms with Gasteiger partial charge in [-0.15, -0.1) is 0 Å². The van der Waals surface area contributed by atoms with Crippen molar-refractivity contribution in [2.45, 2.75) is 94.2 Å². The predicted octanol–water partition coefficient (Wildman–Crippen LogP) is 3.65. The molecule has 9 heteroatoms. The van der Waals surface area contributed by atoms with E-state index < -0.39 is 9.84 Å². The highest BCUT2D eigenvalue weighted by Crippen LogP contribution is 2.39. The second-order valence-corrected chi connectivity index (χ2v) is 11.6. The zero-order valence-electron chi connectivity index (χ0n) is 19.2. The number of hydrogen-bond donors (Lipinski definition) is 0. The fraction of sp³-hybridized carbons (Fsp3) is 0.739. The summed E-state index contributed by atoms with van der Waals surface area (Å²) in [5.41, 5.74) is 0.363. The lowest BCUT2D eigenvalue weighted by Crippen LogP contribution is -2.43. The first kappa shape index (κ1) is 23.3. The van der Waals surface area contributed by atoms with Crippen LogP contribution in [0.15, 0.2) is 17.2 Å². The van der Waals surface area contributed by atoms with Crippen molar-refractivity contribution < 1.29 is 27.4 Å². The molecule has 3 aliphatic rings. The Balaban J connectivity index is 1.18.